The Morgan fingerprint density at radius 1 is 1.31 bits per heavy atom. The molecule has 0 bridgehead atoms. The number of sulfonamides is 1. The molecule has 0 aromatic heterocycles. The van der Waals surface area contributed by atoms with E-state index in [1.54, 1.807) is 12.1 Å². The summed E-state index contributed by atoms with van der Waals surface area (Å²) in [5, 5.41) is 0. The lowest BCUT2D eigenvalue weighted by Crippen LogP contribution is -2.52. The summed E-state index contributed by atoms with van der Waals surface area (Å²) < 4.78 is 32.1. The number of rotatable bonds is 5. The van der Waals surface area contributed by atoms with Gasteiger partial charge in [-0.1, -0.05) is 17.7 Å². The van der Waals surface area contributed by atoms with Gasteiger partial charge in [-0.25, -0.2) is 8.42 Å². The van der Waals surface area contributed by atoms with Crippen molar-refractivity contribution in [1.82, 2.24) is 9.21 Å². The summed E-state index contributed by atoms with van der Waals surface area (Å²) in [5.41, 5.74) is 6.75. The highest BCUT2D eigenvalue weighted by Crippen LogP contribution is 2.26. The Labute approximate surface area is 153 Å². The third-order valence-electron chi connectivity index (χ3n) is 4.56. The summed E-state index contributed by atoms with van der Waals surface area (Å²) in [6, 6.07) is 4.94. The average molecular weight is 383 g/mol. The molecule has 0 radical (unpaired) electrons. The van der Waals surface area contributed by atoms with Gasteiger partial charge < -0.3 is 15.4 Å². The van der Waals surface area contributed by atoms with Crippen LogP contribution in [0.5, 0.6) is 0 Å². The van der Waals surface area contributed by atoms with Crippen molar-refractivity contribution in [3.63, 3.8) is 0 Å². The third kappa shape index (κ3) is 4.05. The zero-order chi connectivity index (χ0) is 19.5. The van der Waals surface area contributed by atoms with E-state index in [1.165, 1.54) is 35.4 Å². The van der Waals surface area contributed by atoms with Crippen LogP contribution in [0.1, 0.15) is 18.9 Å². The van der Waals surface area contributed by atoms with Crippen LogP contribution in [0, 0.1) is 6.92 Å². The van der Waals surface area contributed by atoms with Gasteiger partial charge in [-0.15, -0.1) is 0 Å². The van der Waals surface area contributed by atoms with Crippen LogP contribution in [0.4, 0.5) is 0 Å². The molecule has 2 atom stereocenters. The van der Waals surface area contributed by atoms with Gasteiger partial charge in [0.05, 0.1) is 12.0 Å². The summed E-state index contributed by atoms with van der Waals surface area (Å²) >= 11 is 0. The number of hydrogen-bond acceptors (Lipinski definition) is 6. The number of methoxy groups -OCH3 is 1. The summed E-state index contributed by atoms with van der Waals surface area (Å²) in [6.45, 7) is 3.48. The fourth-order valence-electron chi connectivity index (χ4n) is 3.07. The predicted molar refractivity (Wildman–Crippen MR) is 95.7 cm³/mol. The first kappa shape index (κ1) is 20.3. The van der Waals surface area contributed by atoms with Crippen molar-refractivity contribution in [3.05, 3.63) is 29.8 Å². The monoisotopic (exact) mass is 383 g/mol. The van der Waals surface area contributed by atoms with E-state index in [0.29, 0.717) is 6.42 Å². The van der Waals surface area contributed by atoms with Crippen LogP contribution < -0.4 is 5.73 Å². The molecule has 1 heterocycles. The SMILES string of the molecule is COC(=O)CN1CCC(CN)N(S(=O)(=O)c2ccc(C)cc2)C(C)C1=O. The second-order valence-electron chi connectivity index (χ2n) is 6.34. The third-order valence-corrected chi connectivity index (χ3v) is 6.60. The Hall–Kier alpha value is -1.97. The van der Waals surface area contributed by atoms with Crippen molar-refractivity contribution in [2.24, 2.45) is 5.73 Å². The summed E-state index contributed by atoms with van der Waals surface area (Å²) in [4.78, 5) is 25.8. The van der Waals surface area contributed by atoms with E-state index < -0.39 is 34.0 Å². The topological polar surface area (TPSA) is 110 Å². The number of nitrogens with zero attached hydrogens (tertiary/aromatic N) is 2. The van der Waals surface area contributed by atoms with Gasteiger partial charge in [-0.3, -0.25) is 9.59 Å². The van der Waals surface area contributed by atoms with Crippen LogP contribution in [-0.4, -0.2) is 68.3 Å². The Kier molecular flexibility index (Phi) is 6.38. The van der Waals surface area contributed by atoms with Crippen molar-refractivity contribution in [2.45, 2.75) is 37.2 Å². The quantitative estimate of drug-likeness (QED) is 0.723. The summed E-state index contributed by atoms with van der Waals surface area (Å²) in [7, 11) is -2.67. The van der Waals surface area contributed by atoms with Crippen LogP contribution in [0.3, 0.4) is 0 Å². The summed E-state index contributed by atoms with van der Waals surface area (Å²) in [6.07, 6.45) is 0.342. The Morgan fingerprint density at radius 2 is 1.92 bits per heavy atom. The molecule has 9 heteroatoms. The molecule has 144 valence electrons. The largest absolute Gasteiger partial charge is 0.468 e. The zero-order valence-electron chi connectivity index (χ0n) is 15.2. The van der Waals surface area contributed by atoms with Crippen molar-refractivity contribution in [2.75, 3.05) is 26.7 Å². The smallest absolute Gasteiger partial charge is 0.325 e. The van der Waals surface area contributed by atoms with Gasteiger partial charge in [0.15, 0.2) is 0 Å². The van der Waals surface area contributed by atoms with Crippen LogP contribution in [0.25, 0.3) is 0 Å². The number of carbonyl (C=O) groups is 2. The fourth-order valence-corrected chi connectivity index (χ4v) is 4.88. The van der Waals surface area contributed by atoms with Gasteiger partial charge in [0.2, 0.25) is 15.9 Å². The molecule has 26 heavy (non-hydrogen) atoms. The minimum Gasteiger partial charge on any atom is -0.468 e. The van der Waals surface area contributed by atoms with Gasteiger partial charge >= 0.3 is 5.97 Å². The minimum absolute atomic E-state index is 0.0782. The van der Waals surface area contributed by atoms with E-state index in [1.807, 2.05) is 6.92 Å². The molecule has 2 N–H and O–H groups in total. The lowest BCUT2D eigenvalue weighted by Gasteiger charge is -2.31. The van der Waals surface area contributed by atoms with Crippen molar-refractivity contribution in [3.8, 4) is 0 Å². The molecule has 1 aliphatic heterocycles. The van der Waals surface area contributed by atoms with Crippen molar-refractivity contribution < 1.29 is 22.7 Å². The standard InChI is InChI=1S/C17H25N3O5S/c1-12-4-6-15(7-5-12)26(23,24)20-13(2)17(22)19(11-16(21)25-3)9-8-14(20)10-18/h4-7,13-14H,8-11,18H2,1-3H3. The number of carbonyl (C=O) groups excluding carboxylic acids is 2. The Bertz CT molecular complexity index is 763. The zero-order valence-corrected chi connectivity index (χ0v) is 16.0. The maximum absolute atomic E-state index is 13.2. The number of amides is 1. The number of aryl methyl sites for hydroxylation is 1. The molecule has 0 aliphatic carbocycles. The highest BCUT2D eigenvalue weighted by molar-refractivity contribution is 7.89. The fraction of sp³-hybridized carbons (Fsp3) is 0.529. The highest BCUT2D eigenvalue weighted by atomic mass is 32.2. The number of benzene rings is 1. The first-order valence-electron chi connectivity index (χ1n) is 8.38. The first-order chi connectivity index (χ1) is 12.2. The number of ether oxygens (including phenoxy) is 1. The van der Waals surface area contributed by atoms with Gasteiger partial charge in [0.1, 0.15) is 12.6 Å². The van der Waals surface area contributed by atoms with E-state index >= 15 is 0 Å². The lowest BCUT2D eigenvalue weighted by atomic mass is 10.2. The summed E-state index contributed by atoms with van der Waals surface area (Å²) in [5.74, 6) is -0.994. The molecule has 1 saturated heterocycles. The second-order valence-corrected chi connectivity index (χ2v) is 8.18. The van der Waals surface area contributed by atoms with Crippen molar-refractivity contribution in [1.29, 1.82) is 0 Å². The number of esters is 1. The maximum Gasteiger partial charge on any atom is 0.325 e. The molecule has 1 aromatic carbocycles. The van der Waals surface area contributed by atoms with Crippen molar-refractivity contribution >= 4 is 21.9 Å². The van der Waals surface area contributed by atoms with E-state index in [2.05, 4.69) is 4.74 Å². The van der Waals surface area contributed by atoms with Crippen LogP contribution in [-0.2, 0) is 24.3 Å². The van der Waals surface area contributed by atoms with Crippen LogP contribution in [0.2, 0.25) is 0 Å². The molecule has 2 unspecified atom stereocenters. The molecule has 1 aliphatic rings. The molecule has 0 saturated carbocycles. The molecule has 2 rings (SSSR count). The highest BCUT2D eigenvalue weighted by Gasteiger charge is 2.42. The van der Waals surface area contributed by atoms with E-state index in [9.17, 15) is 18.0 Å². The van der Waals surface area contributed by atoms with Gasteiger partial charge in [0, 0.05) is 19.1 Å². The molecule has 1 fully saturated rings. The molecule has 8 nitrogen and oxygen atoms in total. The Morgan fingerprint density at radius 3 is 2.46 bits per heavy atom. The molecule has 1 amide bonds. The van der Waals surface area contributed by atoms with Gasteiger partial charge in [-0.2, -0.15) is 4.31 Å². The van der Waals surface area contributed by atoms with Gasteiger partial charge in [0.25, 0.3) is 0 Å². The van der Waals surface area contributed by atoms with E-state index in [4.69, 9.17) is 5.73 Å². The lowest BCUT2D eigenvalue weighted by molar-refractivity contribution is -0.147. The minimum atomic E-state index is -3.91. The molecule has 1 aromatic rings. The second kappa shape index (κ2) is 8.15. The normalized spacial score (nSPS) is 22.2. The Balaban J connectivity index is 2.40. The number of hydrogen-bond donors (Lipinski definition) is 1. The molecule has 0 spiro atoms. The van der Waals surface area contributed by atoms with Gasteiger partial charge in [-0.05, 0) is 32.4 Å². The first-order valence-corrected chi connectivity index (χ1v) is 9.82. The van der Waals surface area contributed by atoms with Crippen LogP contribution in [0.15, 0.2) is 29.2 Å². The van der Waals surface area contributed by atoms with E-state index in [-0.39, 0.29) is 24.5 Å². The van der Waals surface area contributed by atoms with E-state index in [0.717, 1.165) is 5.56 Å². The molecular weight excluding hydrogens is 358 g/mol. The molecular formula is C17H25N3O5S. The average Bonchev–Trinajstić information content (AvgIpc) is 2.73. The van der Waals surface area contributed by atoms with Crippen LogP contribution >= 0.6 is 0 Å². The number of nitrogens with two attached hydrogens (primary N) is 1. The predicted octanol–water partition coefficient (Wildman–Crippen LogP) is 0.107. The maximum atomic E-state index is 13.2.